The zero-order valence-electron chi connectivity index (χ0n) is 16.5. The van der Waals surface area contributed by atoms with Crippen molar-refractivity contribution < 1.29 is 24.2 Å². The zero-order valence-corrected chi connectivity index (χ0v) is 16.5. The molecule has 28 heavy (non-hydrogen) atoms. The molecule has 0 heterocycles. The number of amides is 1. The van der Waals surface area contributed by atoms with Gasteiger partial charge in [0, 0.05) is 6.42 Å². The van der Waals surface area contributed by atoms with E-state index in [4.69, 9.17) is 9.47 Å². The first-order chi connectivity index (χ1) is 13.4. The molecule has 2 rings (SSSR count). The summed E-state index contributed by atoms with van der Waals surface area (Å²) in [4.78, 5) is 23.7. The highest BCUT2D eigenvalue weighted by Crippen LogP contribution is 2.31. The summed E-state index contributed by atoms with van der Waals surface area (Å²) in [6, 6.07) is 14.5. The van der Waals surface area contributed by atoms with Crippen LogP contribution in [-0.2, 0) is 9.59 Å². The van der Waals surface area contributed by atoms with Crippen LogP contribution >= 0.6 is 0 Å². The largest absolute Gasteiger partial charge is 0.493 e. The monoisotopic (exact) mass is 385 g/mol. The summed E-state index contributed by atoms with van der Waals surface area (Å²) in [5.41, 5.74) is 1.83. The second-order valence-corrected chi connectivity index (χ2v) is 6.68. The Hall–Kier alpha value is -3.02. The van der Waals surface area contributed by atoms with Gasteiger partial charge in [0.25, 0.3) is 0 Å². The number of benzene rings is 2. The Morgan fingerprint density at radius 3 is 2.29 bits per heavy atom. The number of aliphatic carboxylic acids is 1. The Kier molecular flexibility index (Phi) is 7.87. The van der Waals surface area contributed by atoms with Crippen LogP contribution in [0, 0.1) is 0 Å². The van der Waals surface area contributed by atoms with E-state index in [9.17, 15) is 14.7 Å². The molecule has 2 aromatic rings. The van der Waals surface area contributed by atoms with Crippen LogP contribution in [0.3, 0.4) is 0 Å². The van der Waals surface area contributed by atoms with E-state index in [1.807, 2.05) is 30.3 Å². The molecule has 150 valence electrons. The van der Waals surface area contributed by atoms with Gasteiger partial charge in [0.15, 0.2) is 11.5 Å². The standard InChI is InChI=1S/C22H27NO5/c1-15(16-7-5-4-6-8-16)9-12-21(24)23-18(14-22(25)26)17-10-11-19(27-2)20(13-17)28-3/h4-8,10-11,13,15,18H,9,12,14H2,1-3H3,(H,23,24)(H,25,26). The Morgan fingerprint density at radius 2 is 1.68 bits per heavy atom. The minimum atomic E-state index is -0.988. The summed E-state index contributed by atoms with van der Waals surface area (Å²) < 4.78 is 10.5. The fourth-order valence-corrected chi connectivity index (χ4v) is 3.06. The van der Waals surface area contributed by atoms with Gasteiger partial charge < -0.3 is 19.9 Å². The molecule has 0 aliphatic carbocycles. The number of hydrogen-bond acceptors (Lipinski definition) is 4. The maximum atomic E-state index is 12.5. The maximum absolute atomic E-state index is 12.5. The highest BCUT2D eigenvalue weighted by molar-refractivity contribution is 5.78. The van der Waals surface area contributed by atoms with Gasteiger partial charge in [0.05, 0.1) is 26.7 Å². The third-order valence-corrected chi connectivity index (χ3v) is 4.70. The van der Waals surface area contributed by atoms with Crippen LogP contribution in [0.15, 0.2) is 48.5 Å². The summed E-state index contributed by atoms with van der Waals surface area (Å²) in [5, 5.41) is 12.1. The topological polar surface area (TPSA) is 84.9 Å². The molecule has 0 aromatic heterocycles. The molecule has 0 fully saturated rings. The normalized spacial score (nSPS) is 12.7. The third-order valence-electron chi connectivity index (χ3n) is 4.70. The van der Waals surface area contributed by atoms with Crippen molar-refractivity contribution in [3.63, 3.8) is 0 Å². The number of carboxylic acids is 1. The van der Waals surface area contributed by atoms with Crippen LogP contribution in [0.5, 0.6) is 11.5 Å². The van der Waals surface area contributed by atoms with Crippen LogP contribution in [0.2, 0.25) is 0 Å². The van der Waals surface area contributed by atoms with E-state index in [0.717, 1.165) is 0 Å². The third kappa shape index (κ3) is 6.01. The number of nitrogens with one attached hydrogen (secondary N) is 1. The first-order valence-electron chi connectivity index (χ1n) is 9.22. The van der Waals surface area contributed by atoms with Gasteiger partial charge in [-0.25, -0.2) is 0 Å². The van der Waals surface area contributed by atoms with Gasteiger partial charge in [-0.1, -0.05) is 43.3 Å². The van der Waals surface area contributed by atoms with Gasteiger partial charge in [-0.15, -0.1) is 0 Å². The van der Waals surface area contributed by atoms with E-state index < -0.39 is 12.0 Å². The van der Waals surface area contributed by atoms with Gasteiger partial charge >= 0.3 is 5.97 Å². The van der Waals surface area contributed by atoms with Gasteiger partial charge in [-0.05, 0) is 35.6 Å². The number of carbonyl (C=O) groups is 2. The quantitative estimate of drug-likeness (QED) is 0.647. The molecule has 6 nitrogen and oxygen atoms in total. The molecular formula is C22H27NO5. The van der Waals surface area contributed by atoms with Crippen LogP contribution in [0.25, 0.3) is 0 Å². The molecule has 6 heteroatoms. The summed E-state index contributed by atoms with van der Waals surface area (Å²) in [6.45, 7) is 2.08. The summed E-state index contributed by atoms with van der Waals surface area (Å²) >= 11 is 0. The fraction of sp³-hybridized carbons (Fsp3) is 0.364. The van der Waals surface area contributed by atoms with Crippen molar-refractivity contribution in [2.24, 2.45) is 0 Å². The first kappa shape index (κ1) is 21.3. The molecule has 1 amide bonds. The Bertz CT molecular complexity index is 791. The Labute approximate surface area is 165 Å². The maximum Gasteiger partial charge on any atom is 0.305 e. The highest BCUT2D eigenvalue weighted by atomic mass is 16.5. The summed E-state index contributed by atoms with van der Waals surface area (Å²) in [6.07, 6.45) is 0.788. The zero-order chi connectivity index (χ0) is 20.5. The molecule has 2 aromatic carbocycles. The molecule has 0 saturated carbocycles. The molecule has 0 aliphatic heterocycles. The minimum absolute atomic E-state index is 0.177. The van der Waals surface area contributed by atoms with E-state index in [2.05, 4.69) is 12.2 Å². The number of ether oxygens (including phenoxy) is 2. The number of carboxylic acid groups (broad SMARTS) is 1. The van der Waals surface area contributed by atoms with E-state index in [-0.39, 0.29) is 18.2 Å². The van der Waals surface area contributed by atoms with E-state index >= 15 is 0 Å². The first-order valence-corrected chi connectivity index (χ1v) is 9.22. The predicted octanol–water partition coefficient (Wildman–Crippen LogP) is 3.92. The highest BCUT2D eigenvalue weighted by Gasteiger charge is 2.20. The molecule has 2 N–H and O–H groups in total. The van der Waals surface area contributed by atoms with Crippen LogP contribution < -0.4 is 14.8 Å². The Morgan fingerprint density at radius 1 is 1.00 bits per heavy atom. The fourth-order valence-electron chi connectivity index (χ4n) is 3.06. The number of carbonyl (C=O) groups excluding carboxylic acids is 1. The lowest BCUT2D eigenvalue weighted by Crippen LogP contribution is -2.30. The smallest absolute Gasteiger partial charge is 0.305 e. The molecule has 2 unspecified atom stereocenters. The van der Waals surface area contributed by atoms with E-state index in [1.54, 1.807) is 18.2 Å². The molecule has 0 saturated heterocycles. The average Bonchev–Trinajstić information content (AvgIpc) is 2.71. The second-order valence-electron chi connectivity index (χ2n) is 6.68. The van der Waals surface area contributed by atoms with Crippen molar-refractivity contribution in [1.82, 2.24) is 5.32 Å². The molecule has 0 spiro atoms. The lowest BCUT2D eigenvalue weighted by Gasteiger charge is -2.20. The van der Waals surface area contributed by atoms with Crippen LogP contribution in [-0.4, -0.2) is 31.2 Å². The summed E-state index contributed by atoms with van der Waals surface area (Å²) in [7, 11) is 3.04. The van der Waals surface area contributed by atoms with E-state index in [0.29, 0.717) is 29.9 Å². The molecular weight excluding hydrogens is 358 g/mol. The van der Waals surface area contributed by atoms with Gasteiger partial charge in [-0.3, -0.25) is 9.59 Å². The number of methoxy groups -OCH3 is 2. The van der Waals surface area contributed by atoms with Crippen molar-refractivity contribution in [1.29, 1.82) is 0 Å². The van der Waals surface area contributed by atoms with Gasteiger partial charge in [0.1, 0.15) is 0 Å². The molecule has 2 atom stereocenters. The van der Waals surface area contributed by atoms with Gasteiger partial charge in [0.2, 0.25) is 5.91 Å². The van der Waals surface area contributed by atoms with Crippen molar-refractivity contribution in [3.8, 4) is 11.5 Å². The predicted molar refractivity (Wildman–Crippen MR) is 107 cm³/mol. The number of rotatable bonds is 10. The van der Waals surface area contributed by atoms with Crippen molar-refractivity contribution in [3.05, 3.63) is 59.7 Å². The summed E-state index contributed by atoms with van der Waals surface area (Å²) in [5.74, 6) is 0.109. The van der Waals surface area contributed by atoms with E-state index in [1.165, 1.54) is 19.8 Å². The number of hydrogen-bond donors (Lipinski definition) is 2. The van der Waals surface area contributed by atoms with Crippen LogP contribution in [0.4, 0.5) is 0 Å². The van der Waals surface area contributed by atoms with Crippen molar-refractivity contribution in [2.45, 2.75) is 38.1 Å². The van der Waals surface area contributed by atoms with Crippen molar-refractivity contribution in [2.75, 3.05) is 14.2 Å². The molecule has 0 aliphatic rings. The average molecular weight is 385 g/mol. The minimum Gasteiger partial charge on any atom is -0.493 e. The van der Waals surface area contributed by atoms with Crippen LogP contribution in [0.1, 0.15) is 49.3 Å². The lowest BCUT2D eigenvalue weighted by molar-refractivity contribution is -0.137. The Balaban J connectivity index is 2.05. The molecule has 0 bridgehead atoms. The SMILES string of the molecule is COc1ccc(C(CC(=O)O)NC(=O)CCC(C)c2ccccc2)cc1OC. The lowest BCUT2D eigenvalue weighted by atomic mass is 9.96. The second kappa shape index (κ2) is 10.3. The van der Waals surface area contributed by atoms with Gasteiger partial charge in [-0.2, -0.15) is 0 Å². The van der Waals surface area contributed by atoms with Crippen molar-refractivity contribution >= 4 is 11.9 Å². The molecule has 0 radical (unpaired) electrons.